The van der Waals surface area contributed by atoms with Crippen LogP contribution in [0.15, 0.2) is 12.1 Å². The molecule has 6 nitrogen and oxygen atoms in total. The van der Waals surface area contributed by atoms with Crippen molar-refractivity contribution < 1.29 is 18.8 Å². The van der Waals surface area contributed by atoms with E-state index in [2.05, 4.69) is 17.1 Å². The zero-order chi connectivity index (χ0) is 20.4. The van der Waals surface area contributed by atoms with E-state index in [9.17, 15) is 9.59 Å². The normalized spacial score (nSPS) is 19.8. The lowest BCUT2D eigenvalue weighted by Gasteiger charge is -2.57. The Balaban J connectivity index is 1.98. The Bertz CT molecular complexity index is 815. The van der Waals surface area contributed by atoms with Crippen LogP contribution in [0.5, 0.6) is 0 Å². The van der Waals surface area contributed by atoms with Crippen LogP contribution in [0.2, 0.25) is 0 Å². The fourth-order valence-electron chi connectivity index (χ4n) is 5.09. The number of carbonyl (C=O) groups is 2. The molecule has 1 N–H and O–H groups in total. The predicted octanol–water partition coefficient (Wildman–Crippen LogP) is 4.21. The standard InChI is InChI=1S/C22H29N3O3/c1-5-25(12-7-6-8-13-25)22(10-9-11-22)21(27)24-19-16(2)14-17(23-3)15-18(19)20(26)28-4/h14-15H,5-13H2,1-2,4H3/p+1. The molecule has 0 unspecified atom stereocenters. The fraction of sp³-hybridized carbons (Fsp3) is 0.591. The average molecular weight is 385 g/mol. The van der Waals surface area contributed by atoms with E-state index >= 15 is 0 Å². The monoisotopic (exact) mass is 384 g/mol. The van der Waals surface area contributed by atoms with Crippen LogP contribution in [0, 0.1) is 13.5 Å². The predicted molar refractivity (Wildman–Crippen MR) is 108 cm³/mol. The molecule has 6 heteroatoms. The molecule has 1 saturated heterocycles. The van der Waals surface area contributed by atoms with Gasteiger partial charge in [0.1, 0.15) is 0 Å². The summed E-state index contributed by atoms with van der Waals surface area (Å²) in [6.45, 7) is 14.3. The van der Waals surface area contributed by atoms with Gasteiger partial charge in [0.05, 0.1) is 44.6 Å². The summed E-state index contributed by atoms with van der Waals surface area (Å²) in [5.74, 6) is -0.532. The van der Waals surface area contributed by atoms with Gasteiger partial charge in [-0.15, -0.1) is 0 Å². The summed E-state index contributed by atoms with van der Waals surface area (Å²) in [4.78, 5) is 29.3. The van der Waals surface area contributed by atoms with Gasteiger partial charge in [0.25, 0.3) is 5.91 Å². The van der Waals surface area contributed by atoms with Gasteiger partial charge in [0, 0.05) is 12.8 Å². The number of methoxy groups -OCH3 is 1. The third-order valence-electron chi connectivity index (χ3n) is 6.88. The first-order valence-electron chi connectivity index (χ1n) is 10.2. The molecular formula is C22H30N3O3+. The number of piperidine rings is 1. The molecule has 0 spiro atoms. The minimum absolute atomic E-state index is 0.00585. The summed E-state index contributed by atoms with van der Waals surface area (Å²) in [5, 5.41) is 3.09. The molecule has 3 rings (SSSR count). The molecule has 1 aromatic rings. The molecule has 1 aromatic carbocycles. The lowest BCUT2D eigenvalue weighted by Crippen LogP contribution is -2.73. The molecule has 0 aromatic heterocycles. The number of quaternary nitrogens is 1. The van der Waals surface area contributed by atoms with Crippen LogP contribution in [-0.2, 0) is 9.53 Å². The van der Waals surface area contributed by atoms with Crippen LogP contribution in [0.25, 0.3) is 4.85 Å². The Morgan fingerprint density at radius 2 is 1.89 bits per heavy atom. The summed E-state index contributed by atoms with van der Waals surface area (Å²) < 4.78 is 5.75. The highest BCUT2D eigenvalue weighted by Crippen LogP contribution is 2.46. The smallest absolute Gasteiger partial charge is 0.338 e. The van der Waals surface area contributed by atoms with Crippen LogP contribution in [0.1, 0.15) is 61.4 Å². The molecule has 1 saturated carbocycles. The van der Waals surface area contributed by atoms with Crippen molar-refractivity contribution >= 4 is 23.3 Å². The van der Waals surface area contributed by atoms with Gasteiger partial charge in [0.15, 0.2) is 11.2 Å². The molecular weight excluding hydrogens is 354 g/mol. The minimum atomic E-state index is -0.538. The summed E-state index contributed by atoms with van der Waals surface area (Å²) in [6, 6.07) is 3.20. The highest BCUT2D eigenvalue weighted by Gasteiger charge is 2.59. The Labute approximate surface area is 167 Å². The van der Waals surface area contributed by atoms with Gasteiger partial charge in [-0.25, -0.2) is 9.64 Å². The Morgan fingerprint density at radius 3 is 2.39 bits per heavy atom. The molecule has 0 atom stereocenters. The van der Waals surface area contributed by atoms with Crippen molar-refractivity contribution in [2.24, 2.45) is 0 Å². The average Bonchev–Trinajstić information content (AvgIpc) is 2.68. The lowest BCUT2D eigenvalue weighted by molar-refractivity contribution is -0.974. The van der Waals surface area contributed by atoms with Crippen molar-refractivity contribution in [3.05, 3.63) is 34.7 Å². The Kier molecular flexibility index (Phi) is 5.76. The molecule has 1 heterocycles. The highest BCUT2D eigenvalue weighted by atomic mass is 16.5. The Hall–Kier alpha value is -2.39. The number of nitrogens with zero attached hydrogens (tertiary/aromatic N) is 2. The zero-order valence-corrected chi connectivity index (χ0v) is 17.1. The molecule has 2 aliphatic rings. The van der Waals surface area contributed by atoms with Crippen LogP contribution >= 0.6 is 0 Å². The number of benzene rings is 1. The third-order valence-corrected chi connectivity index (χ3v) is 6.88. The van der Waals surface area contributed by atoms with Gasteiger partial charge in [-0.05, 0) is 51.2 Å². The van der Waals surface area contributed by atoms with E-state index in [4.69, 9.17) is 11.3 Å². The van der Waals surface area contributed by atoms with Crippen molar-refractivity contribution in [3.63, 3.8) is 0 Å². The van der Waals surface area contributed by atoms with Crippen molar-refractivity contribution in [1.29, 1.82) is 0 Å². The second-order valence-corrected chi connectivity index (χ2v) is 8.10. The van der Waals surface area contributed by atoms with Crippen molar-refractivity contribution in [3.8, 4) is 0 Å². The number of ether oxygens (including phenoxy) is 1. The third kappa shape index (κ3) is 3.18. The van der Waals surface area contributed by atoms with E-state index in [-0.39, 0.29) is 11.5 Å². The first-order valence-corrected chi connectivity index (χ1v) is 10.2. The number of anilines is 1. The van der Waals surface area contributed by atoms with Gasteiger partial charge in [-0.2, -0.15) is 0 Å². The lowest BCUT2D eigenvalue weighted by atomic mass is 9.71. The fourth-order valence-corrected chi connectivity index (χ4v) is 5.09. The van der Waals surface area contributed by atoms with Gasteiger partial charge in [0.2, 0.25) is 0 Å². The van der Waals surface area contributed by atoms with E-state index in [1.165, 1.54) is 19.6 Å². The maximum absolute atomic E-state index is 13.6. The van der Waals surface area contributed by atoms with Gasteiger partial charge in [-0.3, -0.25) is 4.79 Å². The SMILES string of the molecule is [C-]#[N+]c1cc(C)c(NC(=O)C2([N+]3(CC)CCCCC3)CCC2)c(C(=O)OC)c1. The second kappa shape index (κ2) is 7.92. The summed E-state index contributed by atoms with van der Waals surface area (Å²) in [5.41, 5.74) is 1.38. The summed E-state index contributed by atoms with van der Waals surface area (Å²) >= 11 is 0. The Morgan fingerprint density at radius 1 is 1.21 bits per heavy atom. The summed E-state index contributed by atoms with van der Waals surface area (Å²) in [7, 11) is 1.31. The number of nitrogens with one attached hydrogen (secondary N) is 1. The molecule has 1 aliphatic heterocycles. The number of aryl methyl sites for hydroxylation is 1. The largest absolute Gasteiger partial charge is 0.465 e. The van der Waals surface area contributed by atoms with Crippen molar-refractivity contribution in [2.75, 3.05) is 32.1 Å². The molecule has 150 valence electrons. The van der Waals surface area contributed by atoms with Crippen molar-refractivity contribution in [1.82, 2.24) is 0 Å². The molecule has 2 fully saturated rings. The maximum Gasteiger partial charge on any atom is 0.338 e. The maximum atomic E-state index is 13.6. The number of esters is 1. The number of rotatable bonds is 5. The summed E-state index contributed by atoms with van der Waals surface area (Å²) in [6.07, 6.45) is 6.40. The number of amides is 1. The topological polar surface area (TPSA) is 59.8 Å². The van der Waals surface area contributed by atoms with E-state index in [1.807, 2.05) is 6.92 Å². The van der Waals surface area contributed by atoms with Crippen molar-refractivity contribution in [2.45, 2.75) is 57.9 Å². The van der Waals surface area contributed by atoms with Gasteiger partial charge in [-0.1, -0.05) is 6.07 Å². The number of hydrogen-bond acceptors (Lipinski definition) is 3. The molecule has 28 heavy (non-hydrogen) atoms. The van der Waals surface area contributed by atoms with Crippen LogP contribution < -0.4 is 5.32 Å². The first-order chi connectivity index (χ1) is 13.4. The quantitative estimate of drug-likeness (QED) is 0.470. The highest BCUT2D eigenvalue weighted by molar-refractivity contribution is 6.05. The van der Waals surface area contributed by atoms with Crippen LogP contribution in [-0.4, -0.2) is 48.6 Å². The number of hydrogen-bond donors (Lipinski definition) is 1. The van der Waals surface area contributed by atoms with E-state index in [1.54, 1.807) is 6.07 Å². The van der Waals surface area contributed by atoms with E-state index < -0.39 is 11.5 Å². The second-order valence-electron chi connectivity index (χ2n) is 8.10. The zero-order valence-electron chi connectivity index (χ0n) is 17.1. The van der Waals surface area contributed by atoms with Gasteiger partial charge >= 0.3 is 5.97 Å². The molecule has 1 aliphatic carbocycles. The molecule has 1 amide bonds. The minimum Gasteiger partial charge on any atom is -0.465 e. The molecule has 0 bridgehead atoms. The first kappa shape index (κ1) is 20.3. The van der Waals surface area contributed by atoms with E-state index in [0.717, 1.165) is 56.2 Å². The van der Waals surface area contributed by atoms with Crippen LogP contribution in [0.3, 0.4) is 0 Å². The number of likely N-dealkylation sites (tertiary alicyclic amines) is 1. The number of likely N-dealkylation sites (N-methyl/N-ethyl adjacent to an activating group) is 1. The van der Waals surface area contributed by atoms with E-state index in [0.29, 0.717) is 16.9 Å². The molecule has 0 radical (unpaired) electrons. The van der Waals surface area contributed by atoms with Crippen LogP contribution in [0.4, 0.5) is 11.4 Å². The van der Waals surface area contributed by atoms with Gasteiger partial charge < -0.3 is 14.5 Å². The number of carbonyl (C=O) groups excluding carboxylic acids is 2.